The molecule has 2 heterocycles. The molecule has 13 heavy (non-hydrogen) atoms. The molecule has 0 aromatic rings. The highest BCUT2D eigenvalue weighted by Crippen LogP contribution is 2.50. The summed E-state index contributed by atoms with van der Waals surface area (Å²) in [6, 6.07) is 1.35. The van der Waals surface area contributed by atoms with Gasteiger partial charge >= 0.3 is 0 Å². The Labute approximate surface area is 84.9 Å². The van der Waals surface area contributed by atoms with Crippen LogP contribution in [0.3, 0.4) is 0 Å². The van der Waals surface area contributed by atoms with E-state index in [1.165, 1.54) is 19.3 Å². The molecule has 3 heteroatoms. The number of piperidine rings is 1. The minimum Gasteiger partial charge on any atom is -0.311 e. The van der Waals surface area contributed by atoms with Crippen molar-refractivity contribution in [3.8, 4) is 0 Å². The molecule has 2 aliphatic heterocycles. The molecule has 2 saturated heterocycles. The van der Waals surface area contributed by atoms with Crippen molar-refractivity contribution >= 4 is 18.2 Å². The van der Waals surface area contributed by atoms with Gasteiger partial charge in [0.1, 0.15) is 5.78 Å². The zero-order chi connectivity index (χ0) is 8.18. The number of carbonyl (C=O) groups is 1. The van der Waals surface area contributed by atoms with Crippen molar-refractivity contribution < 1.29 is 4.79 Å². The third kappa shape index (κ3) is 1.23. The molecular formula is C10H16ClNO. The summed E-state index contributed by atoms with van der Waals surface area (Å²) in [6.45, 7) is 0. The lowest BCUT2D eigenvalue weighted by Crippen LogP contribution is -2.52. The van der Waals surface area contributed by atoms with Gasteiger partial charge in [-0.3, -0.25) is 4.79 Å². The summed E-state index contributed by atoms with van der Waals surface area (Å²) in [5, 5.41) is 3.58. The summed E-state index contributed by atoms with van der Waals surface area (Å²) in [5.41, 5.74) is 0.164. The average molecular weight is 202 g/mol. The summed E-state index contributed by atoms with van der Waals surface area (Å²) in [6.07, 6.45) is 6.93. The number of carbonyl (C=O) groups excluding carboxylic acids is 1. The van der Waals surface area contributed by atoms with E-state index >= 15 is 0 Å². The smallest absolute Gasteiger partial charge is 0.139 e. The van der Waals surface area contributed by atoms with Crippen molar-refractivity contribution in [3.63, 3.8) is 0 Å². The SMILES string of the molecule is Cl.O=C1CCC12CC1CC[C@H](C2)N1. The fourth-order valence-corrected chi connectivity index (χ4v) is 3.26. The van der Waals surface area contributed by atoms with E-state index in [4.69, 9.17) is 0 Å². The number of hydrogen-bond donors (Lipinski definition) is 1. The lowest BCUT2D eigenvalue weighted by molar-refractivity contribution is -0.141. The highest BCUT2D eigenvalue weighted by Gasteiger charge is 2.52. The van der Waals surface area contributed by atoms with Crippen LogP contribution in [0.4, 0.5) is 0 Å². The van der Waals surface area contributed by atoms with Gasteiger partial charge in [-0.15, -0.1) is 12.4 Å². The van der Waals surface area contributed by atoms with Crippen molar-refractivity contribution in [2.24, 2.45) is 5.41 Å². The summed E-state index contributed by atoms with van der Waals surface area (Å²) in [7, 11) is 0. The Balaban J connectivity index is 0.000000653. The van der Waals surface area contributed by atoms with Crippen LogP contribution in [0.1, 0.15) is 38.5 Å². The Morgan fingerprint density at radius 3 is 2.23 bits per heavy atom. The number of Topliss-reactive ketones (excluding diaryl/α,β-unsaturated/α-hetero) is 1. The number of ketones is 1. The number of halogens is 1. The maximum absolute atomic E-state index is 11.5. The van der Waals surface area contributed by atoms with Crippen molar-refractivity contribution in [2.45, 2.75) is 50.6 Å². The second kappa shape index (κ2) is 2.96. The predicted molar refractivity (Wildman–Crippen MR) is 53.1 cm³/mol. The molecule has 1 saturated carbocycles. The topological polar surface area (TPSA) is 29.1 Å². The van der Waals surface area contributed by atoms with Crippen molar-refractivity contribution in [1.29, 1.82) is 0 Å². The first-order chi connectivity index (χ1) is 5.78. The fraction of sp³-hybridized carbons (Fsp3) is 0.900. The molecule has 0 aromatic heterocycles. The summed E-state index contributed by atoms with van der Waals surface area (Å²) in [4.78, 5) is 11.5. The largest absolute Gasteiger partial charge is 0.311 e. The van der Waals surface area contributed by atoms with E-state index in [0.29, 0.717) is 17.9 Å². The molecule has 0 radical (unpaired) electrons. The molecule has 2 nitrogen and oxygen atoms in total. The minimum absolute atomic E-state index is 0. The van der Waals surface area contributed by atoms with Crippen LogP contribution >= 0.6 is 12.4 Å². The van der Waals surface area contributed by atoms with Gasteiger partial charge in [0, 0.05) is 23.9 Å². The summed E-state index contributed by atoms with van der Waals surface area (Å²) in [5.74, 6) is 0.556. The quantitative estimate of drug-likeness (QED) is 0.646. The minimum atomic E-state index is 0. The van der Waals surface area contributed by atoms with Crippen molar-refractivity contribution in [3.05, 3.63) is 0 Å². The maximum Gasteiger partial charge on any atom is 0.139 e. The Hall–Kier alpha value is -0.0800. The first-order valence-electron chi connectivity index (χ1n) is 5.08. The molecule has 1 N–H and O–H groups in total. The Morgan fingerprint density at radius 1 is 1.23 bits per heavy atom. The highest BCUT2D eigenvalue weighted by molar-refractivity contribution is 5.90. The van der Waals surface area contributed by atoms with Crippen LogP contribution in [0.5, 0.6) is 0 Å². The first-order valence-corrected chi connectivity index (χ1v) is 5.08. The van der Waals surface area contributed by atoms with Gasteiger partial charge in [-0.1, -0.05) is 0 Å². The predicted octanol–water partition coefficient (Wildman–Crippen LogP) is 1.67. The van der Waals surface area contributed by atoms with E-state index in [-0.39, 0.29) is 17.8 Å². The van der Waals surface area contributed by atoms with Crippen LogP contribution in [-0.4, -0.2) is 17.9 Å². The van der Waals surface area contributed by atoms with Gasteiger partial charge in [0.25, 0.3) is 0 Å². The average Bonchev–Trinajstić information content (AvgIpc) is 2.43. The van der Waals surface area contributed by atoms with Gasteiger partial charge < -0.3 is 5.32 Å². The number of nitrogens with one attached hydrogen (secondary N) is 1. The Morgan fingerprint density at radius 2 is 1.85 bits per heavy atom. The molecule has 1 spiro atoms. The third-order valence-electron chi connectivity index (χ3n) is 4.03. The van der Waals surface area contributed by atoms with Crippen LogP contribution in [0.2, 0.25) is 0 Å². The molecule has 1 aliphatic carbocycles. The summed E-state index contributed by atoms with van der Waals surface area (Å²) < 4.78 is 0. The van der Waals surface area contributed by atoms with E-state index in [0.717, 1.165) is 19.3 Å². The zero-order valence-corrected chi connectivity index (χ0v) is 8.53. The summed E-state index contributed by atoms with van der Waals surface area (Å²) >= 11 is 0. The van der Waals surface area contributed by atoms with Gasteiger partial charge in [-0.05, 0) is 32.1 Å². The van der Waals surface area contributed by atoms with Crippen LogP contribution < -0.4 is 5.32 Å². The molecule has 3 rings (SSSR count). The van der Waals surface area contributed by atoms with Crippen LogP contribution in [0.25, 0.3) is 0 Å². The molecule has 0 aromatic carbocycles. The first kappa shape index (κ1) is 9.47. The fourth-order valence-electron chi connectivity index (χ4n) is 3.26. The van der Waals surface area contributed by atoms with Gasteiger partial charge in [-0.2, -0.15) is 0 Å². The molecule has 74 valence electrons. The van der Waals surface area contributed by atoms with Crippen LogP contribution in [0.15, 0.2) is 0 Å². The normalized spacial score (nSPS) is 47.2. The van der Waals surface area contributed by atoms with Gasteiger partial charge in [-0.25, -0.2) is 0 Å². The monoisotopic (exact) mass is 201 g/mol. The number of rotatable bonds is 0. The second-order valence-corrected chi connectivity index (χ2v) is 4.75. The van der Waals surface area contributed by atoms with Crippen LogP contribution in [-0.2, 0) is 4.79 Å². The maximum atomic E-state index is 11.5. The molecule has 0 amide bonds. The lowest BCUT2D eigenvalue weighted by atomic mass is 9.60. The standard InChI is InChI=1S/C10H15NO.ClH/c12-9-3-4-10(9)5-7-1-2-8(6-10)11-7;/h7-8,11H,1-6H2;1H/t7-,8?,10?;/m1./s1. The van der Waals surface area contributed by atoms with E-state index in [1.54, 1.807) is 0 Å². The third-order valence-corrected chi connectivity index (χ3v) is 4.03. The molecular weight excluding hydrogens is 186 g/mol. The Bertz CT molecular complexity index is 229. The Kier molecular flexibility index (Phi) is 2.16. The highest BCUT2D eigenvalue weighted by atomic mass is 35.5. The van der Waals surface area contributed by atoms with Gasteiger partial charge in [0.15, 0.2) is 0 Å². The molecule has 3 atom stereocenters. The van der Waals surface area contributed by atoms with Crippen molar-refractivity contribution in [2.75, 3.05) is 0 Å². The molecule has 2 unspecified atom stereocenters. The molecule has 2 bridgehead atoms. The second-order valence-electron chi connectivity index (χ2n) is 4.75. The van der Waals surface area contributed by atoms with Gasteiger partial charge in [0.2, 0.25) is 0 Å². The lowest BCUT2D eigenvalue weighted by Gasteiger charge is -2.46. The van der Waals surface area contributed by atoms with E-state index in [9.17, 15) is 4.79 Å². The molecule has 3 fully saturated rings. The van der Waals surface area contributed by atoms with E-state index in [2.05, 4.69) is 5.32 Å². The van der Waals surface area contributed by atoms with Crippen LogP contribution in [0, 0.1) is 5.41 Å². The van der Waals surface area contributed by atoms with Gasteiger partial charge in [0.05, 0.1) is 0 Å². The van der Waals surface area contributed by atoms with Crippen molar-refractivity contribution in [1.82, 2.24) is 5.32 Å². The zero-order valence-electron chi connectivity index (χ0n) is 7.71. The molecule has 3 aliphatic rings. The van der Waals surface area contributed by atoms with E-state index in [1.807, 2.05) is 0 Å². The van der Waals surface area contributed by atoms with E-state index < -0.39 is 0 Å². The number of fused-ring (bicyclic) bond motifs is 2. The number of hydrogen-bond acceptors (Lipinski definition) is 2.